The molecule has 7 nitrogen and oxygen atoms in total. The summed E-state index contributed by atoms with van der Waals surface area (Å²) in [6.07, 6.45) is 5.37. The number of allylic oxidation sites excluding steroid dienone is 3. The van der Waals surface area contributed by atoms with Crippen LogP contribution in [0.25, 0.3) is 0 Å². The topological polar surface area (TPSA) is 95.6 Å². The Morgan fingerprint density at radius 1 is 1.15 bits per heavy atom. The predicted octanol–water partition coefficient (Wildman–Crippen LogP) is -1.24. The Morgan fingerprint density at radius 3 is 2.40 bits per heavy atom. The van der Waals surface area contributed by atoms with E-state index in [1.54, 1.807) is 12.2 Å². The summed E-state index contributed by atoms with van der Waals surface area (Å²) >= 11 is 4.67. The maximum atomic E-state index is 12.3. The van der Waals surface area contributed by atoms with Crippen LogP contribution in [0.5, 0.6) is 0 Å². The minimum Gasteiger partial charge on any atom is -0.301 e. The average molecular weight is 291 g/mol. The van der Waals surface area contributed by atoms with Crippen molar-refractivity contribution in [2.24, 2.45) is 5.92 Å². The maximum absolute atomic E-state index is 12.3. The van der Waals surface area contributed by atoms with Crippen molar-refractivity contribution in [3.8, 4) is 0 Å². The molecule has 3 rings (SSSR count). The number of hydrogen-bond acceptors (Lipinski definition) is 5. The van der Waals surface area contributed by atoms with Crippen molar-refractivity contribution in [2.75, 3.05) is 0 Å². The second kappa shape index (κ2) is 4.34. The molecule has 1 unspecified atom stereocenters. The lowest BCUT2D eigenvalue weighted by molar-refractivity contribution is -0.152. The number of carbonyl (C=O) groups is 4. The first-order chi connectivity index (χ1) is 9.50. The highest BCUT2D eigenvalue weighted by Gasteiger charge is 2.51. The normalized spacial score (nSPS) is 26.4. The fraction of sp³-hybridized carbons (Fsp3) is 0.250. The summed E-state index contributed by atoms with van der Waals surface area (Å²) in [5, 5.41) is 4.35. The largest absolute Gasteiger partial charge is 0.301 e. The molecule has 0 bridgehead atoms. The summed E-state index contributed by atoms with van der Waals surface area (Å²) in [4.78, 5) is 48.9. The minimum atomic E-state index is -1.51. The third-order valence-corrected chi connectivity index (χ3v) is 3.59. The SMILES string of the molecule is O=C1NC(=S)NC(=O)C1N1C(=O)C2=CC=CCC2C1=O. The second-order valence-corrected chi connectivity index (χ2v) is 4.97. The maximum Gasteiger partial charge on any atom is 0.259 e. The van der Waals surface area contributed by atoms with Crippen molar-refractivity contribution in [1.82, 2.24) is 15.5 Å². The van der Waals surface area contributed by atoms with Crippen molar-refractivity contribution < 1.29 is 19.2 Å². The Kier molecular flexibility index (Phi) is 2.75. The molecule has 0 saturated carbocycles. The van der Waals surface area contributed by atoms with Crippen LogP contribution < -0.4 is 10.6 Å². The molecule has 0 aromatic carbocycles. The van der Waals surface area contributed by atoms with Gasteiger partial charge < -0.3 is 10.6 Å². The van der Waals surface area contributed by atoms with E-state index in [0.717, 1.165) is 4.90 Å². The van der Waals surface area contributed by atoms with E-state index >= 15 is 0 Å². The molecule has 20 heavy (non-hydrogen) atoms. The molecular formula is C12H9N3O4S. The molecule has 1 aliphatic carbocycles. The third-order valence-electron chi connectivity index (χ3n) is 3.39. The predicted molar refractivity (Wildman–Crippen MR) is 69.9 cm³/mol. The molecule has 0 radical (unpaired) electrons. The van der Waals surface area contributed by atoms with Crippen LogP contribution in [-0.2, 0) is 19.2 Å². The summed E-state index contributed by atoms with van der Waals surface area (Å²) in [7, 11) is 0. The molecular weight excluding hydrogens is 282 g/mol. The standard InChI is InChI=1S/C12H9N3O4S/c16-8-7(9(17)14-12(20)13-8)15-10(18)5-3-1-2-4-6(5)11(15)19/h1-3,6-7H,4H2,(H2,13,14,16,17,20). The molecule has 2 saturated heterocycles. The van der Waals surface area contributed by atoms with Crippen LogP contribution in [0.3, 0.4) is 0 Å². The van der Waals surface area contributed by atoms with Crippen molar-refractivity contribution in [1.29, 1.82) is 0 Å². The molecule has 0 aromatic rings. The number of rotatable bonds is 1. The zero-order chi connectivity index (χ0) is 14.4. The number of amides is 4. The van der Waals surface area contributed by atoms with E-state index in [1.807, 2.05) is 0 Å². The molecule has 0 spiro atoms. The summed E-state index contributed by atoms with van der Waals surface area (Å²) in [5.74, 6) is -3.29. The molecule has 2 N–H and O–H groups in total. The Balaban J connectivity index is 1.97. The van der Waals surface area contributed by atoms with Gasteiger partial charge in [0.25, 0.3) is 17.7 Å². The Morgan fingerprint density at radius 2 is 1.80 bits per heavy atom. The first-order valence-corrected chi connectivity index (χ1v) is 6.31. The van der Waals surface area contributed by atoms with Gasteiger partial charge in [0.2, 0.25) is 5.91 Å². The lowest BCUT2D eigenvalue weighted by Crippen LogP contribution is -2.65. The van der Waals surface area contributed by atoms with Gasteiger partial charge in [-0.15, -0.1) is 0 Å². The molecule has 4 amide bonds. The Bertz CT molecular complexity index is 617. The van der Waals surface area contributed by atoms with Gasteiger partial charge in [-0.3, -0.25) is 24.1 Å². The van der Waals surface area contributed by atoms with Crippen LogP contribution in [0.4, 0.5) is 0 Å². The van der Waals surface area contributed by atoms with E-state index in [9.17, 15) is 19.2 Å². The average Bonchev–Trinajstić information content (AvgIpc) is 2.64. The van der Waals surface area contributed by atoms with Crippen molar-refractivity contribution >= 4 is 41.0 Å². The van der Waals surface area contributed by atoms with E-state index in [2.05, 4.69) is 22.9 Å². The number of nitrogens with zero attached hydrogens (tertiary/aromatic N) is 1. The zero-order valence-electron chi connectivity index (χ0n) is 10.1. The molecule has 0 aromatic heterocycles. The van der Waals surface area contributed by atoms with Crippen molar-refractivity contribution in [3.05, 3.63) is 23.8 Å². The lowest BCUT2D eigenvalue weighted by Gasteiger charge is -2.28. The first-order valence-electron chi connectivity index (χ1n) is 5.90. The van der Waals surface area contributed by atoms with Crippen LogP contribution in [0.1, 0.15) is 6.42 Å². The highest BCUT2D eigenvalue weighted by molar-refractivity contribution is 7.80. The van der Waals surface area contributed by atoms with E-state index in [-0.39, 0.29) is 5.11 Å². The Hall–Kier alpha value is -2.35. The summed E-state index contributed by atoms with van der Waals surface area (Å²) in [6.45, 7) is 0. The van der Waals surface area contributed by atoms with E-state index < -0.39 is 35.6 Å². The fourth-order valence-electron chi connectivity index (χ4n) is 2.48. The van der Waals surface area contributed by atoms with Crippen molar-refractivity contribution in [2.45, 2.75) is 12.5 Å². The monoisotopic (exact) mass is 291 g/mol. The highest BCUT2D eigenvalue weighted by Crippen LogP contribution is 2.32. The van der Waals surface area contributed by atoms with Gasteiger partial charge in [0, 0.05) is 5.57 Å². The third kappa shape index (κ3) is 1.68. The Labute approximate surface area is 118 Å². The number of imide groups is 1. The van der Waals surface area contributed by atoms with Crippen LogP contribution in [0.15, 0.2) is 23.8 Å². The minimum absolute atomic E-state index is 0.131. The van der Waals surface area contributed by atoms with Crippen molar-refractivity contribution in [3.63, 3.8) is 0 Å². The van der Waals surface area contributed by atoms with Crippen LogP contribution >= 0.6 is 12.2 Å². The van der Waals surface area contributed by atoms with Crippen LogP contribution in [0.2, 0.25) is 0 Å². The first kappa shape index (κ1) is 12.7. The van der Waals surface area contributed by atoms with Gasteiger partial charge in [-0.1, -0.05) is 18.2 Å². The van der Waals surface area contributed by atoms with Gasteiger partial charge in [0.1, 0.15) is 0 Å². The quantitative estimate of drug-likeness (QED) is 0.358. The fourth-order valence-corrected chi connectivity index (χ4v) is 2.68. The van der Waals surface area contributed by atoms with Gasteiger partial charge in [-0.2, -0.15) is 0 Å². The number of thiocarbonyl (C=S) groups is 1. The smallest absolute Gasteiger partial charge is 0.259 e. The van der Waals surface area contributed by atoms with Gasteiger partial charge in [0.15, 0.2) is 11.2 Å². The lowest BCUT2D eigenvalue weighted by atomic mass is 9.94. The summed E-state index contributed by atoms with van der Waals surface area (Å²) < 4.78 is 0. The molecule has 1 atom stereocenters. The zero-order valence-corrected chi connectivity index (χ0v) is 10.9. The number of hydrogen-bond donors (Lipinski definition) is 2. The van der Waals surface area contributed by atoms with Crippen LogP contribution in [0, 0.1) is 5.92 Å². The molecule has 2 aliphatic heterocycles. The van der Waals surface area contributed by atoms with Gasteiger partial charge in [0.05, 0.1) is 5.92 Å². The summed E-state index contributed by atoms with van der Waals surface area (Å²) in [6, 6.07) is -1.51. The molecule has 8 heteroatoms. The van der Waals surface area contributed by atoms with Gasteiger partial charge in [-0.05, 0) is 18.6 Å². The highest BCUT2D eigenvalue weighted by atomic mass is 32.1. The number of fused-ring (bicyclic) bond motifs is 1. The van der Waals surface area contributed by atoms with Gasteiger partial charge >= 0.3 is 0 Å². The second-order valence-electron chi connectivity index (χ2n) is 4.56. The number of nitrogens with one attached hydrogen (secondary N) is 2. The molecule has 2 fully saturated rings. The van der Waals surface area contributed by atoms with E-state index in [4.69, 9.17) is 0 Å². The number of carbonyl (C=O) groups excluding carboxylic acids is 4. The number of likely N-dealkylation sites (tertiary alicyclic amines) is 1. The molecule has 3 aliphatic rings. The molecule has 102 valence electrons. The van der Waals surface area contributed by atoms with Crippen LogP contribution in [-0.4, -0.2) is 39.7 Å². The summed E-state index contributed by atoms with van der Waals surface area (Å²) in [5.41, 5.74) is 0.311. The van der Waals surface area contributed by atoms with E-state index in [0.29, 0.717) is 12.0 Å². The van der Waals surface area contributed by atoms with E-state index in [1.165, 1.54) is 6.08 Å². The molecule has 2 heterocycles. The van der Waals surface area contributed by atoms with Gasteiger partial charge in [-0.25, -0.2) is 0 Å².